The number of nitrogens with two attached hydrogens (primary N) is 1. The highest BCUT2D eigenvalue weighted by Crippen LogP contribution is 2.41. The van der Waals surface area contributed by atoms with Crippen LogP contribution in [0.3, 0.4) is 0 Å². The molecule has 12 heteroatoms. The zero-order valence-corrected chi connectivity index (χ0v) is 24.4. The second-order valence-corrected chi connectivity index (χ2v) is 11.3. The van der Waals surface area contributed by atoms with Crippen LogP contribution in [0.15, 0.2) is 36.5 Å². The Kier molecular flexibility index (Phi) is 8.62. The number of carbonyl (C=O) groups is 3. The number of halogens is 4. The molecule has 5 rings (SSSR count). The van der Waals surface area contributed by atoms with Gasteiger partial charge in [-0.2, -0.15) is 13.2 Å². The van der Waals surface area contributed by atoms with Crippen molar-refractivity contribution in [2.24, 2.45) is 5.73 Å². The van der Waals surface area contributed by atoms with E-state index in [1.807, 2.05) is 4.57 Å². The molecule has 0 saturated heterocycles. The zero-order chi connectivity index (χ0) is 31.8. The number of hydrogen-bond donors (Lipinski definition) is 3. The van der Waals surface area contributed by atoms with Crippen molar-refractivity contribution < 1.29 is 31.9 Å². The van der Waals surface area contributed by atoms with Crippen molar-refractivity contribution in [1.29, 1.82) is 0 Å². The molecule has 8 nitrogen and oxygen atoms in total. The van der Waals surface area contributed by atoms with E-state index in [1.54, 1.807) is 19.9 Å². The molecule has 2 unspecified atom stereocenters. The number of unbranched alkanes of at least 4 members (excludes halogenated alkanes) is 3. The first-order chi connectivity index (χ1) is 20.8. The summed E-state index contributed by atoms with van der Waals surface area (Å²) in [5.41, 5.74) is 9.05. The van der Waals surface area contributed by atoms with Crippen molar-refractivity contribution >= 4 is 35.1 Å². The van der Waals surface area contributed by atoms with Crippen LogP contribution in [0.25, 0.3) is 11.6 Å². The topological polar surface area (TPSA) is 119 Å². The second-order valence-electron chi connectivity index (χ2n) is 11.3. The Morgan fingerprint density at radius 2 is 1.89 bits per heavy atom. The molecule has 1 aliphatic carbocycles. The van der Waals surface area contributed by atoms with E-state index in [4.69, 9.17) is 5.73 Å². The van der Waals surface area contributed by atoms with Gasteiger partial charge in [0.2, 0.25) is 5.91 Å². The Bertz CT molecular complexity index is 1640. The molecule has 2 aromatic heterocycles. The molecule has 3 amide bonds. The summed E-state index contributed by atoms with van der Waals surface area (Å²) in [5.74, 6) is -1.52. The van der Waals surface area contributed by atoms with Gasteiger partial charge >= 0.3 is 6.18 Å². The average molecular weight is 612 g/mol. The van der Waals surface area contributed by atoms with Gasteiger partial charge < -0.3 is 20.9 Å². The van der Waals surface area contributed by atoms with Crippen LogP contribution in [0.4, 0.5) is 23.2 Å². The van der Waals surface area contributed by atoms with E-state index < -0.39 is 23.6 Å². The fourth-order valence-electron chi connectivity index (χ4n) is 5.90. The Hall–Kier alpha value is -4.48. The monoisotopic (exact) mass is 611 g/mol. The van der Waals surface area contributed by atoms with Crippen LogP contribution in [-0.2, 0) is 22.3 Å². The average Bonchev–Trinajstić information content (AvgIpc) is 3.59. The predicted molar refractivity (Wildman–Crippen MR) is 157 cm³/mol. The molecule has 44 heavy (non-hydrogen) atoms. The quantitative estimate of drug-likeness (QED) is 0.143. The highest BCUT2D eigenvalue weighted by atomic mass is 19.4. The van der Waals surface area contributed by atoms with Gasteiger partial charge in [-0.3, -0.25) is 19.4 Å². The summed E-state index contributed by atoms with van der Waals surface area (Å²) in [7, 11) is 0. The minimum absolute atomic E-state index is 0.0285. The fourth-order valence-corrected chi connectivity index (χ4v) is 5.90. The molecule has 0 bridgehead atoms. The van der Waals surface area contributed by atoms with Crippen LogP contribution >= 0.6 is 0 Å². The first-order valence-electron chi connectivity index (χ1n) is 14.5. The highest BCUT2D eigenvalue weighted by Gasteiger charge is 2.40. The lowest BCUT2D eigenvalue weighted by Gasteiger charge is -2.11. The van der Waals surface area contributed by atoms with Crippen molar-refractivity contribution in [2.75, 3.05) is 5.32 Å². The molecule has 2 aliphatic rings. The van der Waals surface area contributed by atoms with Gasteiger partial charge in [0, 0.05) is 53.8 Å². The number of pyridine rings is 1. The molecular formula is C32H33F4N5O3. The van der Waals surface area contributed by atoms with E-state index in [9.17, 15) is 31.9 Å². The normalized spacial score (nSPS) is 18.3. The lowest BCUT2D eigenvalue weighted by atomic mass is 10.0. The lowest BCUT2D eigenvalue weighted by Crippen LogP contribution is -2.26. The fraction of sp³-hybridized carbons (Fsp3) is 0.375. The summed E-state index contributed by atoms with van der Waals surface area (Å²) >= 11 is 0. The third-order valence-electron chi connectivity index (χ3n) is 8.29. The summed E-state index contributed by atoms with van der Waals surface area (Å²) in [6, 6.07) is 6.36. The maximum absolute atomic E-state index is 14.0. The number of carbonyl (C=O) groups excluding carboxylic acids is 3. The minimum atomic E-state index is -4.48. The van der Waals surface area contributed by atoms with Crippen LogP contribution < -0.4 is 16.4 Å². The number of benzene rings is 1. The van der Waals surface area contributed by atoms with E-state index in [1.165, 1.54) is 30.5 Å². The smallest absolute Gasteiger partial charge is 0.366 e. The van der Waals surface area contributed by atoms with Crippen molar-refractivity contribution in [3.8, 4) is 0 Å². The van der Waals surface area contributed by atoms with Gasteiger partial charge in [0.15, 0.2) is 0 Å². The molecule has 0 radical (unpaired) electrons. The number of hydrogen-bond acceptors (Lipinski definition) is 4. The number of amides is 3. The largest absolute Gasteiger partial charge is 0.433 e. The molecule has 1 aliphatic heterocycles. The number of nitrogens with zero attached hydrogens (tertiary/aromatic N) is 2. The number of nitrogens with one attached hydrogen (secondary N) is 2. The van der Waals surface area contributed by atoms with Gasteiger partial charge in [-0.05, 0) is 74.6 Å². The van der Waals surface area contributed by atoms with Gasteiger partial charge in [0.25, 0.3) is 11.8 Å². The van der Waals surface area contributed by atoms with Crippen LogP contribution in [0, 0.1) is 19.7 Å². The maximum atomic E-state index is 14.0. The van der Waals surface area contributed by atoms with Crippen molar-refractivity contribution in [3.63, 3.8) is 0 Å². The molecule has 1 saturated carbocycles. The summed E-state index contributed by atoms with van der Waals surface area (Å²) in [6.45, 7) is 4.12. The first-order valence-corrected chi connectivity index (χ1v) is 14.5. The van der Waals surface area contributed by atoms with Gasteiger partial charge in [-0.25, -0.2) is 4.39 Å². The van der Waals surface area contributed by atoms with Gasteiger partial charge in [0.1, 0.15) is 11.5 Å². The minimum Gasteiger partial charge on any atom is -0.366 e. The van der Waals surface area contributed by atoms with E-state index >= 15 is 0 Å². The molecule has 1 aromatic carbocycles. The second kappa shape index (κ2) is 12.3. The van der Waals surface area contributed by atoms with Gasteiger partial charge in [-0.15, -0.1) is 0 Å². The summed E-state index contributed by atoms with van der Waals surface area (Å²) in [4.78, 5) is 40.9. The Morgan fingerprint density at radius 1 is 1.14 bits per heavy atom. The van der Waals surface area contributed by atoms with E-state index in [0.29, 0.717) is 70.7 Å². The summed E-state index contributed by atoms with van der Waals surface area (Å²) in [6.07, 6.45) is 2.43. The highest BCUT2D eigenvalue weighted by molar-refractivity contribution is 6.35. The third kappa shape index (κ3) is 6.53. The Morgan fingerprint density at radius 3 is 2.57 bits per heavy atom. The molecule has 3 heterocycles. The number of aromatic nitrogens is 2. The zero-order valence-electron chi connectivity index (χ0n) is 24.4. The lowest BCUT2D eigenvalue weighted by molar-refractivity contribution is -0.141. The molecule has 2 atom stereocenters. The third-order valence-corrected chi connectivity index (χ3v) is 8.29. The van der Waals surface area contributed by atoms with Crippen molar-refractivity contribution in [1.82, 2.24) is 14.9 Å². The maximum Gasteiger partial charge on any atom is 0.433 e. The number of primary amides is 1. The number of fused-ring (bicyclic) bond motifs is 1. The molecule has 232 valence electrons. The van der Waals surface area contributed by atoms with Crippen molar-refractivity contribution in [2.45, 2.75) is 77.1 Å². The van der Waals surface area contributed by atoms with Crippen molar-refractivity contribution in [3.05, 3.63) is 81.7 Å². The summed E-state index contributed by atoms with van der Waals surface area (Å²) in [5, 5.41) is 5.69. The van der Waals surface area contributed by atoms with Crippen LogP contribution in [0.2, 0.25) is 0 Å². The molecule has 0 spiro atoms. The van der Waals surface area contributed by atoms with Gasteiger partial charge in [0.05, 0.1) is 11.1 Å². The number of anilines is 1. The van der Waals surface area contributed by atoms with Crippen LogP contribution in [0.5, 0.6) is 0 Å². The van der Waals surface area contributed by atoms with E-state index in [2.05, 4.69) is 15.6 Å². The van der Waals surface area contributed by atoms with E-state index in [0.717, 1.165) is 25.3 Å². The molecule has 4 N–H and O–H groups in total. The van der Waals surface area contributed by atoms with E-state index in [-0.39, 0.29) is 23.8 Å². The Labute approximate surface area is 251 Å². The van der Waals surface area contributed by atoms with Crippen LogP contribution in [-0.4, -0.2) is 33.3 Å². The standard InChI is InChI=1S/C32H33F4N5O3/c1-17-26(15-23-22-13-20(33)9-10-24(22)40-31(23)44)41(18(2)29(17)30(37)43)12-6-4-3-5-7-28(42)39-25-14-21(25)19-8-11-27(38-16-19)32(34,35)36/h8-11,13,15-16,21,25H,3-7,12,14H2,1-2H3,(H2,37,43)(H,39,42)(H,40,44)/b23-15-. The molecular weight excluding hydrogens is 578 g/mol. The molecule has 1 fully saturated rings. The first kappa shape index (κ1) is 31.0. The predicted octanol–water partition coefficient (Wildman–Crippen LogP) is 5.87. The summed E-state index contributed by atoms with van der Waals surface area (Å²) < 4.78 is 54.1. The number of alkyl halides is 3. The number of rotatable bonds is 11. The van der Waals surface area contributed by atoms with Crippen LogP contribution in [0.1, 0.15) is 88.6 Å². The molecule has 3 aromatic rings. The SMILES string of the molecule is Cc1c(C(N)=O)c(C)n(CCCCCCC(=O)NC2CC2c2ccc(C(F)(F)F)nc2)c1/C=C1\C(=O)Nc2ccc(F)cc21. The Balaban J connectivity index is 1.13. The van der Waals surface area contributed by atoms with Gasteiger partial charge in [-0.1, -0.05) is 18.9 Å².